The van der Waals surface area contributed by atoms with Crippen molar-refractivity contribution in [2.24, 2.45) is 5.73 Å². The maximum Gasteiger partial charge on any atom is 0.254 e. The predicted octanol–water partition coefficient (Wildman–Crippen LogP) is 4.32. The van der Waals surface area contributed by atoms with Crippen LogP contribution < -0.4 is 11.1 Å². The van der Waals surface area contributed by atoms with E-state index < -0.39 is 17.9 Å². The van der Waals surface area contributed by atoms with Gasteiger partial charge in [0.05, 0.1) is 11.1 Å². The maximum absolute atomic E-state index is 13.2. The number of aromatic amines is 1. The molecule has 38 heavy (non-hydrogen) atoms. The molecule has 0 aliphatic carbocycles. The number of H-pyrrole nitrogens is 1. The highest BCUT2D eigenvalue weighted by molar-refractivity contribution is 6.09. The molecular weight excluding hydrogens is 478 g/mol. The van der Waals surface area contributed by atoms with Crippen LogP contribution in [-0.2, 0) is 11.2 Å². The summed E-state index contributed by atoms with van der Waals surface area (Å²) in [5.74, 6) is -0.609. The highest BCUT2D eigenvalue weighted by Gasteiger charge is 2.22. The molecule has 0 saturated heterocycles. The van der Waals surface area contributed by atoms with Gasteiger partial charge in [-0.3, -0.25) is 19.4 Å². The van der Waals surface area contributed by atoms with Crippen molar-refractivity contribution in [2.75, 3.05) is 0 Å². The number of rotatable bonds is 8. The van der Waals surface area contributed by atoms with E-state index in [1.54, 1.807) is 60.9 Å². The molecule has 2 aromatic heterocycles. The van der Waals surface area contributed by atoms with Crippen LogP contribution in [0.4, 0.5) is 0 Å². The molecule has 4 N–H and O–H groups in total. The fourth-order valence-corrected chi connectivity index (χ4v) is 4.10. The third-order valence-electron chi connectivity index (χ3n) is 6.05. The molecule has 0 aliphatic rings. The first-order valence-corrected chi connectivity index (χ1v) is 11.7. The average Bonchev–Trinajstić information content (AvgIpc) is 3.38. The zero-order valence-corrected chi connectivity index (χ0v) is 19.7. The first-order chi connectivity index (χ1) is 18.0. The lowest BCUT2D eigenvalue weighted by molar-refractivity contribution is -0.119. The van der Waals surface area contributed by atoms with Crippen LogP contribution in [0.1, 0.15) is 39.3 Å². The second-order valence-electron chi connectivity index (χ2n) is 8.55. The van der Waals surface area contributed by atoms with E-state index in [0.29, 0.717) is 33.5 Å². The van der Waals surface area contributed by atoms with Crippen LogP contribution in [0.3, 0.4) is 0 Å². The Morgan fingerprint density at radius 1 is 0.842 bits per heavy atom. The highest BCUT2D eigenvalue weighted by Crippen LogP contribution is 2.23. The summed E-state index contributed by atoms with van der Waals surface area (Å²) in [6, 6.07) is 23.8. The monoisotopic (exact) mass is 505 g/mol. The number of pyridine rings is 1. The summed E-state index contributed by atoms with van der Waals surface area (Å²) < 4.78 is 0. The quantitative estimate of drug-likeness (QED) is 0.270. The molecule has 3 aromatic carbocycles. The lowest BCUT2D eigenvalue weighted by atomic mass is 9.99. The molecule has 8 nitrogen and oxygen atoms in total. The second kappa shape index (κ2) is 11.3. The zero-order chi connectivity index (χ0) is 25.8. The summed E-state index contributed by atoms with van der Waals surface area (Å²) in [6.07, 6.45) is 3.51. The van der Waals surface area contributed by atoms with Crippen LogP contribution in [-0.4, -0.2) is 38.6 Å². The van der Waals surface area contributed by atoms with Gasteiger partial charge in [0, 0.05) is 35.5 Å². The van der Waals surface area contributed by atoms with Gasteiger partial charge in [-0.2, -0.15) is 0 Å². The summed E-state index contributed by atoms with van der Waals surface area (Å²) in [5, 5.41) is 2.74. The van der Waals surface area contributed by atoms with Gasteiger partial charge in [-0.05, 0) is 29.8 Å². The Hall–Kier alpha value is -5.11. The van der Waals surface area contributed by atoms with E-state index in [9.17, 15) is 14.4 Å². The van der Waals surface area contributed by atoms with E-state index >= 15 is 0 Å². The van der Waals surface area contributed by atoms with Crippen molar-refractivity contribution in [3.8, 4) is 11.4 Å². The number of aromatic nitrogens is 3. The van der Waals surface area contributed by atoms with Crippen molar-refractivity contribution in [1.29, 1.82) is 0 Å². The molecule has 2 heterocycles. The van der Waals surface area contributed by atoms with E-state index in [2.05, 4.69) is 20.3 Å². The van der Waals surface area contributed by atoms with Crippen molar-refractivity contribution in [1.82, 2.24) is 20.3 Å². The molecule has 0 aliphatic heterocycles. The number of hydrogen-bond acceptors (Lipinski definition) is 5. The van der Waals surface area contributed by atoms with Gasteiger partial charge >= 0.3 is 0 Å². The van der Waals surface area contributed by atoms with Gasteiger partial charge in [0.15, 0.2) is 5.78 Å². The van der Waals surface area contributed by atoms with Crippen molar-refractivity contribution in [3.63, 3.8) is 0 Å². The number of ketones is 1. The lowest BCUT2D eigenvalue weighted by Gasteiger charge is -2.16. The van der Waals surface area contributed by atoms with Gasteiger partial charge in [-0.15, -0.1) is 0 Å². The number of para-hydroxylation sites is 1. The Morgan fingerprint density at radius 2 is 1.53 bits per heavy atom. The van der Waals surface area contributed by atoms with Crippen molar-refractivity contribution < 1.29 is 14.4 Å². The van der Waals surface area contributed by atoms with Gasteiger partial charge in [0.25, 0.3) is 5.91 Å². The topological polar surface area (TPSA) is 131 Å². The number of imidazole rings is 1. The van der Waals surface area contributed by atoms with Crippen LogP contribution in [0, 0.1) is 0 Å². The molecular formula is C30H27N5O3. The van der Waals surface area contributed by atoms with E-state index in [1.807, 2.05) is 36.4 Å². The Balaban J connectivity index is 0.00000336. The van der Waals surface area contributed by atoms with Crippen LogP contribution >= 0.6 is 0 Å². The molecule has 0 bridgehead atoms. The molecule has 2 amide bonds. The molecule has 190 valence electrons. The van der Waals surface area contributed by atoms with E-state index in [-0.39, 0.29) is 19.6 Å². The smallest absolute Gasteiger partial charge is 0.254 e. The molecule has 0 saturated carbocycles. The Kier molecular flexibility index (Phi) is 7.72. The maximum atomic E-state index is 13.2. The fraction of sp³-hybridized carbons (Fsp3) is 0.100. The van der Waals surface area contributed by atoms with Gasteiger partial charge in [0.2, 0.25) is 5.91 Å². The first kappa shape index (κ1) is 26.0. The summed E-state index contributed by atoms with van der Waals surface area (Å²) in [7, 11) is 0. The number of amides is 2. The number of carbonyl (C=O) groups is 3. The van der Waals surface area contributed by atoms with Gasteiger partial charge < -0.3 is 16.0 Å². The van der Waals surface area contributed by atoms with Crippen LogP contribution in [0.25, 0.3) is 22.4 Å². The molecule has 8 heteroatoms. The summed E-state index contributed by atoms with van der Waals surface area (Å²) in [5.41, 5.74) is 9.84. The first-order valence-electron chi connectivity index (χ1n) is 11.7. The van der Waals surface area contributed by atoms with Crippen LogP contribution in [0.15, 0.2) is 97.3 Å². The molecule has 0 unspecified atom stereocenters. The number of primary amides is 1. The molecule has 0 spiro atoms. The number of fused-ring (bicyclic) bond motifs is 1. The van der Waals surface area contributed by atoms with Crippen LogP contribution in [0.2, 0.25) is 0 Å². The molecule has 5 rings (SSSR count). The number of nitrogens with two attached hydrogens (primary N) is 1. The minimum absolute atomic E-state index is 0. The summed E-state index contributed by atoms with van der Waals surface area (Å²) in [4.78, 5) is 49.9. The van der Waals surface area contributed by atoms with Gasteiger partial charge in [-0.1, -0.05) is 68.1 Å². The van der Waals surface area contributed by atoms with Crippen molar-refractivity contribution in [3.05, 3.63) is 120 Å². The Morgan fingerprint density at radius 3 is 2.21 bits per heavy atom. The van der Waals surface area contributed by atoms with E-state index in [4.69, 9.17) is 5.73 Å². The van der Waals surface area contributed by atoms with E-state index in [0.717, 1.165) is 11.1 Å². The Bertz CT molecular complexity index is 1580. The number of nitrogens with one attached hydrogen (secondary N) is 2. The lowest BCUT2D eigenvalue weighted by Crippen LogP contribution is -2.45. The van der Waals surface area contributed by atoms with Gasteiger partial charge in [0.1, 0.15) is 17.4 Å². The predicted molar refractivity (Wildman–Crippen MR) is 147 cm³/mol. The Labute approximate surface area is 220 Å². The molecule has 0 radical (unpaired) electrons. The SMILES string of the molecule is C.NC(=O)[C@@H](Cc1ccc(C(=O)c2ccccc2)cc1)NC(=O)c1cccc2[nH]c(-c3ccncc3)nc12. The minimum atomic E-state index is -0.947. The van der Waals surface area contributed by atoms with E-state index in [1.165, 1.54) is 0 Å². The number of nitrogens with zero attached hydrogens (tertiary/aromatic N) is 2. The number of hydrogen-bond donors (Lipinski definition) is 3. The van der Waals surface area contributed by atoms with Crippen molar-refractivity contribution in [2.45, 2.75) is 19.9 Å². The number of carbonyl (C=O) groups excluding carboxylic acids is 3. The molecule has 0 fully saturated rings. The molecule has 1 atom stereocenters. The van der Waals surface area contributed by atoms with Crippen LogP contribution in [0.5, 0.6) is 0 Å². The standard InChI is InChI=1S/C29H23N5O3.CH4/c30-27(36)24(17-18-9-11-20(12-10-18)26(35)19-5-2-1-3-6-19)33-29(37)22-7-4-8-23-25(22)34-28(32-23)21-13-15-31-16-14-21;/h1-16,24H,17H2,(H2,30,36)(H,32,34)(H,33,37);1H4/t24-;/m1./s1. The summed E-state index contributed by atoms with van der Waals surface area (Å²) >= 11 is 0. The van der Waals surface area contributed by atoms with Crippen molar-refractivity contribution >= 4 is 28.6 Å². The fourth-order valence-electron chi connectivity index (χ4n) is 4.10. The second-order valence-corrected chi connectivity index (χ2v) is 8.55. The number of benzene rings is 3. The third kappa shape index (κ3) is 5.49. The third-order valence-corrected chi connectivity index (χ3v) is 6.05. The largest absolute Gasteiger partial charge is 0.368 e. The normalized spacial score (nSPS) is 11.4. The average molecular weight is 506 g/mol. The minimum Gasteiger partial charge on any atom is -0.368 e. The zero-order valence-electron chi connectivity index (χ0n) is 19.7. The molecule has 5 aromatic rings. The summed E-state index contributed by atoms with van der Waals surface area (Å²) in [6.45, 7) is 0. The highest BCUT2D eigenvalue weighted by atomic mass is 16.2. The van der Waals surface area contributed by atoms with Gasteiger partial charge in [-0.25, -0.2) is 4.98 Å².